The summed E-state index contributed by atoms with van der Waals surface area (Å²) >= 11 is 0. The van der Waals surface area contributed by atoms with Gasteiger partial charge in [-0.15, -0.1) is 0 Å². The van der Waals surface area contributed by atoms with Crippen molar-refractivity contribution in [3.63, 3.8) is 0 Å². The zero-order valence-electron chi connectivity index (χ0n) is 17.5. The average Bonchev–Trinajstić information content (AvgIpc) is 3.10. The lowest BCUT2D eigenvalue weighted by molar-refractivity contribution is 0.0742. The number of aromatic nitrogens is 2. The highest BCUT2D eigenvalue weighted by Crippen LogP contribution is 2.20. The molecule has 1 N–H and O–H groups in total. The summed E-state index contributed by atoms with van der Waals surface area (Å²) in [6.45, 7) is 9.35. The number of carbonyl (C=O) groups is 2. The molecule has 0 radical (unpaired) electrons. The first-order valence-electron chi connectivity index (χ1n) is 10.1. The number of imidazole rings is 1. The lowest BCUT2D eigenvalue weighted by atomic mass is 10.1. The molecule has 0 fully saturated rings. The van der Waals surface area contributed by atoms with Crippen LogP contribution in [0.15, 0.2) is 42.6 Å². The van der Waals surface area contributed by atoms with Crippen LogP contribution >= 0.6 is 0 Å². The SMILES string of the molecule is CCCN(CCC)C(=O)c1nc(C(=O)Nc2cc(C)ccc2C)c2ccccn12. The lowest BCUT2D eigenvalue weighted by Crippen LogP contribution is -2.33. The van der Waals surface area contributed by atoms with Gasteiger partial charge in [-0.05, 0) is 56.0 Å². The van der Waals surface area contributed by atoms with E-state index in [1.807, 2.05) is 64.1 Å². The maximum absolute atomic E-state index is 13.1. The van der Waals surface area contributed by atoms with Crippen molar-refractivity contribution < 1.29 is 9.59 Å². The Balaban J connectivity index is 2.00. The van der Waals surface area contributed by atoms with Crippen LogP contribution in [-0.2, 0) is 0 Å². The van der Waals surface area contributed by atoms with E-state index in [1.165, 1.54) is 0 Å². The van der Waals surface area contributed by atoms with Crippen LogP contribution in [0.1, 0.15) is 58.9 Å². The molecular weight excluding hydrogens is 364 g/mol. The Morgan fingerprint density at radius 3 is 2.48 bits per heavy atom. The van der Waals surface area contributed by atoms with Gasteiger partial charge in [0.2, 0.25) is 5.82 Å². The number of nitrogens with one attached hydrogen (secondary N) is 1. The van der Waals surface area contributed by atoms with Crippen LogP contribution in [0.3, 0.4) is 0 Å². The van der Waals surface area contributed by atoms with Crippen LogP contribution in [0.4, 0.5) is 5.69 Å². The third-order valence-electron chi connectivity index (χ3n) is 4.87. The molecule has 0 unspecified atom stereocenters. The highest BCUT2D eigenvalue weighted by Gasteiger charge is 2.24. The quantitative estimate of drug-likeness (QED) is 0.645. The molecule has 3 rings (SSSR count). The monoisotopic (exact) mass is 392 g/mol. The number of pyridine rings is 1. The Labute approximate surface area is 171 Å². The fourth-order valence-corrected chi connectivity index (χ4v) is 3.40. The van der Waals surface area contributed by atoms with Crippen LogP contribution in [0.2, 0.25) is 0 Å². The van der Waals surface area contributed by atoms with E-state index < -0.39 is 0 Å². The van der Waals surface area contributed by atoms with Crippen molar-refractivity contribution >= 4 is 23.0 Å². The number of rotatable bonds is 7. The third kappa shape index (κ3) is 4.31. The molecule has 6 nitrogen and oxygen atoms in total. The van der Waals surface area contributed by atoms with Crippen LogP contribution in [0.5, 0.6) is 0 Å². The first-order valence-corrected chi connectivity index (χ1v) is 10.1. The minimum absolute atomic E-state index is 0.152. The predicted octanol–water partition coefficient (Wildman–Crippen LogP) is 4.47. The van der Waals surface area contributed by atoms with Gasteiger partial charge in [0.1, 0.15) is 0 Å². The molecule has 0 bridgehead atoms. The summed E-state index contributed by atoms with van der Waals surface area (Å²) < 4.78 is 1.71. The van der Waals surface area contributed by atoms with E-state index >= 15 is 0 Å². The normalized spacial score (nSPS) is 10.9. The van der Waals surface area contributed by atoms with Gasteiger partial charge in [0.15, 0.2) is 5.69 Å². The topological polar surface area (TPSA) is 66.7 Å². The maximum Gasteiger partial charge on any atom is 0.290 e. The number of hydrogen-bond acceptors (Lipinski definition) is 3. The van der Waals surface area contributed by atoms with Crippen LogP contribution in [0, 0.1) is 13.8 Å². The Kier molecular flexibility index (Phi) is 6.32. The second-order valence-corrected chi connectivity index (χ2v) is 7.30. The minimum Gasteiger partial charge on any atom is -0.336 e. The molecule has 0 aliphatic rings. The Morgan fingerprint density at radius 1 is 1.07 bits per heavy atom. The van der Waals surface area contributed by atoms with Crippen molar-refractivity contribution in [3.05, 3.63) is 65.2 Å². The number of aryl methyl sites for hydroxylation is 2. The number of anilines is 1. The standard InChI is InChI=1S/C23H28N4O2/c1-5-12-26(13-6-2)23(29)21-25-20(19-9-7-8-14-27(19)21)22(28)24-18-15-16(3)10-11-17(18)4/h7-11,14-15H,5-6,12-13H2,1-4H3,(H,24,28). The van der Waals surface area contributed by atoms with Crippen molar-refractivity contribution in [2.24, 2.45) is 0 Å². The molecule has 0 aliphatic heterocycles. The number of nitrogens with zero attached hydrogens (tertiary/aromatic N) is 3. The molecule has 2 aromatic heterocycles. The van der Waals surface area contributed by atoms with Gasteiger partial charge in [-0.25, -0.2) is 4.98 Å². The Hall–Kier alpha value is -3.15. The zero-order chi connectivity index (χ0) is 21.0. The fourth-order valence-electron chi connectivity index (χ4n) is 3.40. The average molecular weight is 393 g/mol. The van der Waals surface area contributed by atoms with Gasteiger partial charge in [-0.1, -0.05) is 32.0 Å². The van der Waals surface area contributed by atoms with E-state index in [4.69, 9.17) is 0 Å². The lowest BCUT2D eigenvalue weighted by Gasteiger charge is -2.20. The van der Waals surface area contributed by atoms with E-state index in [2.05, 4.69) is 10.3 Å². The van der Waals surface area contributed by atoms with Crippen LogP contribution in [-0.4, -0.2) is 39.2 Å². The summed E-state index contributed by atoms with van der Waals surface area (Å²) in [5, 5.41) is 2.95. The highest BCUT2D eigenvalue weighted by molar-refractivity contribution is 6.09. The minimum atomic E-state index is -0.320. The van der Waals surface area contributed by atoms with E-state index in [0.717, 1.165) is 29.7 Å². The number of amides is 2. The van der Waals surface area contributed by atoms with Gasteiger partial charge in [0.05, 0.1) is 5.52 Å². The fraction of sp³-hybridized carbons (Fsp3) is 0.348. The van der Waals surface area contributed by atoms with Crippen LogP contribution in [0.25, 0.3) is 5.52 Å². The van der Waals surface area contributed by atoms with Gasteiger partial charge in [0.25, 0.3) is 11.8 Å². The summed E-state index contributed by atoms with van der Waals surface area (Å²) in [6.07, 6.45) is 3.52. The molecule has 6 heteroatoms. The number of hydrogen-bond donors (Lipinski definition) is 1. The van der Waals surface area contributed by atoms with E-state index in [0.29, 0.717) is 18.6 Å². The van der Waals surface area contributed by atoms with Crippen molar-refractivity contribution in [1.82, 2.24) is 14.3 Å². The predicted molar refractivity (Wildman–Crippen MR) is 116 cm³/mol. The molecule has 1 aromatic carbocycles. The van der Waals surface area contributed by atoms with Crippen molar-refractivity contribution in [2.75, 3.05) is 18.4 Å². The smallest absolute Gasteiger partial charge is 0.290 e. The maximum atomic E-state index is 13.1. The summed E-state index contributed by atoms with van der Waals surface area (Å²) in [4.78, 5) is 32.5. The van der Waals surface area contributed by atoms with Gasteiger partial charge >= 0.3 is 0 Å². The third-order valence-corrected chi connectivity index (χ3v) is 4.87. The second-order valence-electron chi connectivity index (χ2n) is 7.30. The molecule has 0 atom stereocenters. The summed E-state index contributed by atoms with van der Waals surface area (Å²) in [6, 6.07) is 11.4. The molecule has 0 spiro atoms. The number of benzene rings is 1. The van der Waals surface area contributed by atoms with Crippen molar-refractivity contribution in [1.29, 1.82) is 0 Å². The Morgan fingerprint density at radius 2 is 1.79 bits per heavy atom. The summed E-state index contributed by atoms with van der Waals surface area (Å²) in [5.74, 6) is -0.201. The molecule has 2 amide bonds. The Bertz CT molecular complexity index is 1030. The van der Waals surface area contributed by atoms with Crippen molar-refractivity contribution in [2.45, 2.75) is 40.5 Å². The summed E-state index contributed by atoms with van der Waals surface area (Å²) in [7, 11) is 0. The van der Waals surface area contributed by atoms with Gasteiger partial charge in [-0.3, -0.25) is 14.0 Å². The van der Waals surface area contributed by atoms with E-state index in [1.54, 1.807) is 15.5 Å². The van der Waals surface area contributed by atoms with Gasteiger partial charge in [0, 0.05) is 25.0 Å². The molecule has 29 heavy (non-hydrogen) atoms. The summed E-state index contributed by atoms with van der Waals surface area (Å²) in [5.41, 5.74) is 3.65. The first-order chi connectivity index (χ1) is 14.0. The largest absolute Gasteiger partial charge is 0.336 e. The number of carbonyl (C=O) groups excluding carboxylic acids is 2. The van der Waals surface area contributed by atoms with Gasteiger partial charge < -0.3 is 10.2 Å². The van der Waals surface area contributed by atoms with Crippen molar-refractivity contribution in [3.8, 4) is 0 Å². The molecule has 0 saturated heterocycles. The molecular formula is C23H28N4O2. The first kappa shape index (κ1) is 20.6. The molecule has 2 heterocycles. The highest BCUT2D eigenvalue weighted by atomic mass is 16.2. The van der Waals surface area contributed by atoms with Gasteiger partial charge in [-0.2, -0.15) is 0 Å². The van der Waals surface area contributed by atoms with E-state index in [-0.39, 0.29) is 23.3 Å². The van der Waals surface area contributed by atoms with E-state index in [9.17, 15) is 9.59 Å². The molecule has 152 valence electrons. The molecule has 3 aromatic rings. The zero-order valence-corrected chi connectivity index (χ0v) is 17.5. The van der Waals surface area contributed by atoms with Crippen LogP contribution < -0.4 is 5.32 Å². The number of fused-ring (bicyclic) bond motifs is 1. The molecule has 0 aliphatic carbocycles. The molecule has 0 saturated carbocycles. The second kappa shape index (κ2) is 8.90.